The Kier molecular flexibility index (Phi) is 3.29. The quantitative estimate of drug-likeness (QED) is 0.557. The first-order valence-corrected chi connectivity index (χ1v) is 7.02. The zero-order valence-electron chi connectivity index (χ0n) is 9.04. The first-order chi connectivity index (χ1) is 7.97. The van der Waals surface area contributed by atoms with E-state index < -0.39 is 10.0 Å². The van der Waals surface area contributed by atoms with Crippen molar-refractivity contribution in [2.75, 3.05) is 5.73 Å². The minimum atomic E-state index is -3.58. The highest BCUT2D eigenvalue weighted by atomic mass is 32.2. The summed E-state index contributed by atoms with van der Waals surface area (Å²) in [5.74, 6) is 0. The van der Waals surface area contributed by atoms with Gasteiger partial charge < -0.3 is 11.2 Å². The molecule has 0 amide bonds. The normalized spacial score (nSPS) is 16.6. The molecule has 4 N–H and O–H groups in total. The van der Waals surface area contributed by atoms with Crippen LogP contribution in [-0.2, 0) is 10.0 Å². The van der Waals surface area contributed by atoms with Gasteiger partial charge in [-0.1, -0.05) is 4.52 Å². The smallest absolute Gasteiger partial charge is 0.255 e. The molecule has 6 nitrogen and oxygen atoms in total. The van der Waals surface area contributed by atoms with E-state index in [4.69, 9.17) is 5.73 Å². The first-order valence-electron chi connectivity index (χ1n) is 4.76. The molecule has 0 saturated carbocycles. The van der Waals surface area contributed by atoms with E-state index in [0.717, 1.165) is 4.91 Å². The molecule has 0 radical (unpaired) electrons. The average Bonchev–Trinajstić information content (AvgIpc) is 2.63. The number of anilines is 1. The highest BCUT2D eigenvalue weighted by molar-refractivity contribution is 8.01. The summed E-state index contributed by atoms with van der Waals surface area (Å²) < 4.78 is 25.2. The summed E-state index contributed by atoms with van der Waals surface area (Å²) in [6.07, 6.45) is 1.70. The van der Waals surface area contributed by atoms with Crippen LogP contribution >= 0.6 is 11.9 Å². The Morgan fingerprint density at radius 1 is 1.35 bits per heavy atom. The second-order valence-corrected chi connectivity index (χ2v) is 6.29. The van der Waals surface area contributed by atoms with E-state index in [-0.39, 0.29) is 4.90 Å². The Bertz CT molecular complexity index is 539. The van der Waals surface area contributed by atoms with Crippen molar-refractivity contribution in [1.29, 1.82) is 0 Å². The van der Waals surface area contributed by atoms with Gasteiger partial charge in [-0.3, -0.25) is 0 Å². The lowest BCUT2D eigenvalue weighted by Gasteiger charge is -2.15. The third-order valence-corrected chi connectivity index (χ3v) is 4.23. The van der Waals surface area contributed by atoms with Gasteiger partial charge in [-0.05, 0) is 43.1 Å². The fourth-order valence-corrected chi connectivity index (χ4v) is 3.01. The fourth-order valence-electron chi connectivity index (χ4n) is 1.20. The zero-order valence-corrected chi connectivity index (χ0v) is 10.7. The topological polar surface area (TPSA) is 87.5 Å². The molecular weight excluding hydrogens is 260 g/mol. The van der Waals surface area contributed by atoms with Crippen molar-refractivity contribution in [3.05, 3.63) is 35.4 Å². The monoisotopic (exact) mass is 272 g/mol. The van der Waals surface area contributed by atoms with E-state index in [1.54, 1.807) is 18.3 Å². The summed E-state index contributed by atoms with van der Waals surface area (Å²) in [6, 6.07) is 6.00. The molecule has 1 heterocycles. The van der Waals surface area contributed by atoms with Crippen molar-refractivity contribution >= 4 is 27.7 Å². The summed E-state index contributed by atoms with van der Waals surface area (Å²) in [5, 5.41) is 0. The van der Waals surface area contributed by atoms with Crippen LogP contribution in [0.25, 0.3) is 0 Å². The maximum atomic E-state index is 11.9. The van der Waals surface area contributed by atoms with E-state index in [1.165, 1.54) is 28.6 Å². The number of nitrogen functional groups attached to an aromatic ring is 1. The molecule has 0 aromatic heterocycles. The van der Waals surface area contributed by atoms with Gasteiger partial charge in [0.1, 0.15) is 0 Å². The van der Waals surface area contributed by atoms with Crippen molar-refractivity contribution in [3.8, 4) is 0 Å². The van der Waals surface area contributed by atoms with Crippen LogP contribution in [0.15, 0.2) is 40.3 Å². The number of hydrazine groups is 2. The average molecular weight is 272 g/mol. The van der Waals surface area contributed by atoms with Crippen LogP contribution < -0.4 is 16.0 Å². The lowest BCUT2D eigenvalue weighted by atomic mass is 10.3. The van der Waals surface area contributed by atoms with Crippen LogP contribution in [0, 0.1) is 0 Å². The van der Waals surface area contributed by atoms with Crippen molar-refractivity contribution in [1.82, 2.24) is 14.8 Å². The number of benzene rings is 1. The standard InChI is InChI=1S/C9H12N4O2S2/c1-7-6-11-13(16-7)12-17(14,15)9-4-2-8(10)3-5-9/h2-6,11-12H,10H2,1H3. The maximum Gasteiger partial charge on any atom is 0.255 e. The van der Waals surface area contributed by atoms with Crippen molar-refractivity contribution in [2.45, 2.75) is 11.8 Å². The molecule has 1 aliphatic heterocycles. The minimum absolute atomic E-state index is 0.165. The molecule has 1 aromatic carbocycles. The van der Waals surface area contributed by atoms with Crippen LogP contribution in [0.4, 0.5) is 5.69 Å². The summed E-state index contributed by atoms with van der Waals surface area (Å²) >= 11 is 1.26. The van der Waals surface area contributed by atoms with Gasteiger partial charge >= 0.3 is 0 Å². The number of sulfonamides is 1. The van der Waals surface area contributed by atoms with Crippen molar-refractivity contribution in [2.24, 2.45) is 0 Å². The molecule has 1 aliphatic rings. The SMILES string of the molecule is CC1=CNN(NS(=O)(=O)c2ccc(N)cc2)S1. The number of allylic oxidation sites excluding steroid dienone is 1. The third kappa shape index (κ3) is 2.91. The largest absolute Gasteiger partial charge is 0.399 e. The molecule has 0 fully saturated rings. The van der Waals surface area contributed by atoms with E-state index in [2.05, 4.69) is 10.3 Å². The van der Waals surface area contributed by atoms with Gasteiger partial charge in [0.05, 0.1) is 4.90 Å². The molecule has 0 saturated heterocycles. The van der Waals surface area contributed by atoms with E-state index in [1.807, 2.05) is 6.92 Å². The van der Waals surface area contributed by atoms with Crippen molar-refractivity contribution < 1.29 is 8.42 Å². The molecular formula is C9H12N4O2S2. The molecule has 0 unspecified atom stereocenters. The summed E-state index contributed by atoms with van der Waals surface area (Å²) in [6.45, 7) is 1.87. The lowest BCUT2D eigenvalue weighted by Crippen LogP contribution is -2.41. The maximum absolute atomic E-state index is 11.9. The van der Waals surface area contributed by atoms with Crippen LogP contribution in [0.2, 0.25) is 0 Å². The van der Waals surface area contributed by atoms with Crippen molar-refractivity contribution in [3.63, 3.8) is 0 Å². The van der Waals surface area contributed by atoms with Gasteiger partial charge in [0.2, 0.25) is 0 Å². The van der Waals surface area contributed by atoms with E-state index >= 15 is 0 Å². The molecule has 8 heteroatoms. The van der Waals surface area contributed by atoms with Gasteiger partial charge in [-0.15, -0.1) is 4.83 Å². The van der Waals surface area contributed by atoms with E-state index in [9.17, 15) is 8.42 Å². The Morgan fingerprint density at radius 2 is 2.00 bits per heavy atom. The number of nitrogens with two attached hydrogens (primary N) is 1. The van der Waals surface area contributed by atoms with Crippen LogP contribution in [-0.4, -0.2) is 12.9 Å². The predicted molar refractivity (Wildman–Crippen MR) is 67.5 cm³/mol. The second-order valence-electron chi connectivity index (χ2n) is 3.43. The van der Waals surface area contributed by atoms with Crippen LogP contribution in [0.5, 0.6) is 0 Å². The molecule has 92 valence electrons. The third-order valence-electron chi connectivity index (χ3n) is 2.01. The van der Waals surface area contributed by atoms with Crippen LogP contribution in [0.3, 0.4) is 0 Å². The molecule has 0 spiro atoms. The number of hydrogen-bond acceptors (Lipinski definition) is 6. The number of rotatable bonds is 3. The molecule has 2 rings (SSSR count). The highest BCUT2D eigenvalue weighted by Crippen LogP contribution is 2.22. The molecule has 17 heavy (non-hydrogen) atoms. The van der Waals surface area contributed by atoms with Gasteiger partial charge in [0, 0.05) is 16.8 Å². The van der Waals surface area contributed by atoms with Gasteiger partial charge in [-0.25, -0.2) is 8.42 Å². The molecule has 0 aliphatic carbocycles. The highest BCUT2D eigenvalue weighted by Gasteiger charge is 2.21. The Hall–Kier alpha value is -1.22. The van der Waals surface area contributed by atoms with Gasteiger partial charge in [0.15, 0.2) is 0 Å². The Balaban J connectivity index is 2.12. The molecule has 0 atom stereocenters. The second kappa shape index (κ2) is 4.57. The minimum Gasteiger partial charge on any atom is -0.399 e. The Labute approximate surface area is 104 Å². The Morgan fingerprint density at radius 3 is 2.53 bits per heavy atom. The molecule has 0 bridgehead atoms. The van der Waals surface area contributed by atoms with E-state index in [0.29, 0.717) is 5.69 Å². The predicted octanol–water partition coefficient (Wildman–Crippen LogP) is 0.792. The summed E-state index contributed by atoms with van der Waals surface area (Å²) in [4.78, 5) is 3.51. The van der Waals surface area contributed by atoms with Crippen LogP contribution in [0.1, 0.15) is 6.92 Å². The summed E-state index contributed by atoms with van der Waals surface area (Å²) in [5.41, 5.74) is 8.79. The molecule has 1 aromatic rings. The lowest BCUT2D eigenvalue weighted by molar-refractivity contribution is 0.377. The van der Waals surface area contributed by atoms with Gasteiger partial charge in [0.25, 0.3) is 10.0 Å². The van der Waals surface area contributed by atoms with Gasteiger partial charge in [-0.2, -0.15) is 0 Å². The first kappa shape index (κ1) is 12.2. The number of nitrogens with zero attached hydrogens (tertiary/aromatic N) is 1. The number of hydrogen-bond donors (Lipinski definition) is 3. The zero-order chi connectivity index (χ0) is 12.5. The number of nitrogens with one attached hydrogen (secondary N) is 2. The summed E-state index contributed by atoms with van der Waals surface area (Å²) in [7, 11) is -3.58. The fraction of sp³-hybridized carbons (Fsp3) is 0.111.